The molecule has 5 rings (SSSR count). The number of carbonyl (C=O) groups is 3. The first-order chi connectivity index (χ1) is 17.5. The van der Waals surface area contributed by atoms with Crippen LogP contribution in [0, 0.1) is 0 Å². The van der Waals surface area contributed by atoms with Crippen molar-refractivity contribution in [2.45, 2.75) is 38.9 Å². The molecule has 1 atom stereocenters. The molecule has 7 heteroatoms. The summed E-state index contributed by atoms with van der Waals surface area (Å²) in [7, 11) is 0. The largest absolute Gasteiger partial charge is 0.494 e. The van der Waals surface area contributed by atoms with Gasteiger partial charge in [0, 0.05) is 18.7 Å². The SMILES string of the molecule is CCOc1cccc(CNC(=O)c2cccc(CN3C(=O)[C@H]4CCCN4C(=O)c4ccccc43)c2)c1. The predicted octanol–water partition coefficient (Wildman–Crippen LogP) is 4.17. The Morgan fingerprint density at radius 2 is 1.81 bits per heavy atom. The maximum absolute atomic E-state index is 13.5. The number of hydrogen-bond donors (Lipinski definition) is 1. The summed E-state index contributed by atoms with van der Waals surface area (Å²) in [6.07, 6.45) is 1.49. The quantitative estimate of drug-likeness (QED) is 0.547. The minimum Gasteiger partial charge on any atom is -0.494 e. The molecular weight excluding hydrogens is 454 g/mol. The van der Waals surface area contributed by atoms with Crippen molar-refractivity contribution in [2.75, 3.05) is 18.1 Å². The minimum absolute atomic E-state index is 0.0742. The molecule has 1 N–H and O–H groups in total. The standard InChI is InChI=1S/C29H29N3O4/c1-2-36-23-11-6-8-20(17-23)18-30-27(33)22-10-5-9-21(16-22)19-32-25-13-4-3-12-24(25)28(34)31-15-7-14-26(31)29(32)35/h3-6,8-13,16-17,26H,2,7,14-15,18-19H2,1H3,(H,30,33)/t26-/m1/s1. The average Bonchev–Trinajstić information content (AvgIpc) is 3.38. The highest BCUT2D eigenvalue weighted by atomic mass is 16.5. The summed E-state index contributed by atoms with van der Waals surface area (Å²) in [6, 6.07) is 21.8. The van der Waals surface area contributed by atoms with Gasteiger partial charge in [0.2, 0.25) is 5.91 Å². The second-order valence-corrected chi connectivity index (χ2v) is 9.06. The molecule has 2 heterocycles. The maximum atomic E-state index is 13.5. The number of ether oxygens (including phenoxy) is 1. The number of anilines is 1. The molecule has 7 nitrogen and oxygen atoms in total. The topological polar surface area (TPSA) is 79.0 Å². The van der Waals surface area contributed by atoms with E-state index in [0.717, 1.165) is 23.3 Å². The molecule has 0 bridgehead atoms. The van der Waals surface area contributed by atoms with Crippen LogP contribution in [-0.4, -0.2) is 41.8 Å². The third-order valence-electron chi connectivity index (χ3n) is 6.68. The van der Waals surface area contributed by atoms with Crippen LogP contribution in [0.25, 0.3) is 0 Å². The number of benzene rings is 3. The number of rotatable bonds is 7. The molecule has 0 spiro atoms. The van der Waals surface area contributed by atoms with Crippen LogP contribution in [0.2, 0.25) is 0 Å². The van der Waals surface area contributed by atoms with E-state index in [9.17, 15) is 14.4 Å². The molecule has 0 unspecified atom stereocenters. The van der Waals surface area contributed by atoms with Gasteiger partial charge in [0.15, 0.2) is 0 Å². The van der Waals surface area contributed by atoms with Crippen LogP contribution in [-0.2, 0) is 17.9 Å². The Kier molecular flexibility index (Phi) is 6.71. The lowest BCUT2D eigenvalue weighted by atomic mass is 10.1. The van der Waals surface area contributed by atoms with Gasteiger partial charge in [0.1, 0.15) is 11.8 Å². The van der Waals surface area contributed by atoms with Gasteiger partial charge in [-0.3, -0.25) is 14.4 Å². The Morgan fingerprint density at radius 3 is 2.67 bits per heavy atom. The van der Waals surface area contributed by atoms with E-state index < -0.39 is 6.04 Å². The summed E-state index contributed by atoms with van der Waals surface area (Å²) in [6.45, 7) is 3.77. The molecule has 3 aromatic rings. The van der Waals surface area contributed by atoms with Crippen LogP contribution in [0.15, 0.2) is 72.8 Å². The summed E-state index contributed by atoms with van der Waals surface area (Å²) < 4.78 is 5.53. The Bertz CT molecular complexity index is 1300. The zero-order valence-electron chi connectivity index (χ0n) is 20.3. The second-order valence-electron chi connectivity index (χ2n) is 9.06. The zero-order valence-corrected chi connectivity index (χ0v) is 20.3. The predicted molar refractivity (Wildman–Crippen MR) is 137 cm³/mol. The van der Waals surface area contributed by atoms with E-state index in [-0.39, 0.29) is 24.3 Å². The molecule has 0 aromatic heterocycles. The van der Waals surface area contributed by atoms with Gasteiger partial charge >= 0.3 is 0 Å². The molecule has 184 valence electrons. The molecule has 3 amide bonds. The van der Waals surface area contributed by atoms with E-state index in [2.05, 4.69) is 5.32 Å². The van der Waals surface area contributed by atoms with E-state index in [1.807, 2.05) is 61.5 Å². The molecule has 0 radical (unpaired) electrons. The Hall–Kier alpha value is -4.13. The number of fused-ring (bicyclic) bond motifs is 2. The van der Waals surface area contributed by atoms with Gasteiger partial charge in [-0.05, 0) is 67.3 Å². The number of hydrogen-bond acceptors (Lipinski definition) is 4. The Morgan fingerprint density at radius 1 is 1.00 bits per heavy atom. The number of nitrogens with zero attached hydrogens (tertiary/aromatic N) is 2. The first-order valence-electron chi connectivity index (χ1n) is 12.4. The smallest absolute Gasteiger partial charge is 0.256 e. The van der Waals surface area contributed by atoms with Gasteiger partial charge in [-0.1, -0.05) is 36.4 Å². The van der Waals surface area contributed by atoms with Crippen LogP contribution in [0.4, 0.5) is 5.69 Å². The first-order valence-corrected chi connectivity index (χ1v) is 12.4. The fourth-order valence-electron chi connectivity index (χ4n) is 4.96. The van der Waals surface area contributed by atoms with E-state index in [1.165, 1.54) is 0 Å². The maximum Gasteiger partial charge on any atom is 0.256 e. The summed E-state index contributed by atoms with van der Waals surface area (Å²) in [5.74, 6) is 0.409. The molecule has 3 aromatic carbocycles. The van der Waals surface area contributed by atoms with Crippen molar-refractivity contribution in [1.82, 2.24) is 10.2 Å². The van der Waals surface area contributed by atoms with Gasteiger partial charge in [-0.15, -0.1) is 0 Å². The number of para-hydroxylation sites is 1. The summed E-state index contributed by atoms with van der Waals surface area (Å²) in [4.78, 5) is 43.0. The van der Waals surface area contributed by atoms with Crippen LogP contribution >= 0.6 is 0 Å². The van der Waals surface area contributed by atoms with Crippen molar-refractivity contribution in [2.24, 2.45) is 0 Å². The van der Waals surface area contributed by atoms with Crippen molar-refractivity contribution in [3.05, 3.63) is 95.1 Å². The zero-order chi connectivity index (χ0) is 25.1. The van der Waals surface area contributed by atoms with E-state index >= 15 is 0 Å². The van der Waals surface area contributed by atoms with Crippen molar-refractivity contribution in [3.63, 3.8) is 0 Å². The van der Waals surface area contributed by atoms with Gasteiger partial charge in [0.05, 0.1) is 24.4 Å². The number of nitrogens with one attached hydrogen (secondary N) is 1. The molecule has 2 aliphatic heterocycles. The highest BCUT2D eigenvalue weighted by Gasteiger charge is 2.41. The van der Waals surface area contributed by atoms with E-state index in [1.54, 1.807) is 28.0 Å². The highest BCUT2D eigenvalue weighted by Crippen LogP contribution is 2.33. The van der Waals surface area contributed by atoms with Crippen molar-refractivity contribution < 1.29 is 19.1 Å². The van der Waals surface area contributed by atoms with Crippen molar-refractivity contribution in [3.8, 4) is 5.75 Å². The van der Waals surface area contributed by atoms with E-state index in [0.29, 0.717) is 42.9 Å². The highest BCUT2D eigenvalue weighted by molar-refractivity contribution is 6.11. The van der Waals surface area contributed by atoms with Gasteiger partial charge < -0.3 is 19.9 Å². The summed E-state index contributed by atoms with van der Waals surface area (Å²) >= 11 is 0. The summed E-state index contributed by atoms with van der Waals surface area (Å²) in [5.41, 5.74) is 3.44. The van der Waals surface area contributed by atoms with Gasteiger partial charge in [-0.25, -0.2) is 0 Å². The molecule has 1 fully saturated rings. The lowest BCUT2D eigenvalue weighted by Gasteiger charge is -2.26. The summed E-state index contributed by atoms with van der Waals surface area (Å²) in [5, 5.41) is 2.96. The van der Waals surface area contributed by atoms with Crippen LogP contribution in [0.3, 0.4) is 0 Å². The average molecular weight is 484 g/mol. The Labute approximate surface area is 210 Å². The van der Waals surface area contributed by atoms with Crippen LogP contribution < -0.4 is 15.0 Å². The van der Waals surface area contributed by atoms with Crippen molar-refractivity contribution >= 4 is 23.4 Å². The van der Waals surface area contributed by atoms with Crippen LogP contribution in [0.1, 0.15) is 51.6 Å². The molecule has 0 saturated carbocycles. The fourth-order valence-corrected chi connectivity index (χ4v) is 4.96. The van der Waals surface area contributed by atoms with Crippen LogP contribution in [0.5, 0.6) is 5.75 Å². The monoisotopic (exact) mass is 483 g/mol. The molecule has 2 aliphatic rings. The molecule has 36 heavy (non-hydrogen) atoms. The van der Waals surface area contributed by atoms with Gasteiger partial charge in [0.25, 0.3) is 11.8 Å². The lowest BCUT2D eigenvalue weighted by molar-refractivity contribution is -0.122. The first kappa shape index (κ1) is 23.6. The normalized spacial score (nSPS) is 16.9. The number of carbonyl (C=O) groups excluding carboxylic acids is 3. The number of amides is 3. The minimum atomic E-state index is -0.441. The molecular formula is C29H29N3O4. The van der Waals surface area contributed by atoms with E-state index in [4.69, 9.17) is 4.74 Å². The second kappa shape index (κ2) is 10.2. The Balaban J connectivity index is 1.34. The third-order valence-corrected chi connectivity index (χ3v) is 6.68. The molecule has 0 aliphatic carbocycles. The fraction of sp³-hybridized carbons (Fsp3) is 0.276. The third kappa shape index (κ3) is 4.69. The molecule has 1 saturated heterocycles. The van der Waals surface area contributed by atoms with Crippen molar-refractivity contribution in [1.29, 1.82) is 0 Å². The lowest BCUT2D eigenvalue weighted by Crippen LogP contribution is -2.44. The van der Waals surface area contributed by atoms with Gasteiger partial charge in [-0.2, -0.15) is 0 Å².